The molecule has 5 rings (SSSR count). The van der Waals surface area contributed by atoms with Gasteiger partial charge in [-0.05, 0) is 156 Å². The number of pyridine rings is 1. The molecule has 9 heteroatoms. The second kappa shape index (κ2) is 14.3. The van der Waals surface area contributed by atoms with Crippen molar-refractivity contribution >= 4 is 20.4 Å². The molecule has 4 aromatic carbocycles. The molecule has 0 bridgehead atoms. The van der Waals surface area contributed by atoms with E-state index in [9.17, 15) is 8.42 Å². The van der Waals surface area contributed by atoms with Crippen molar-refractivity contribution in [2.45, 2.75) is 92.8 Å². The zero-order valence-electron chi connectivity index (χ0n) is 29.4. The quantitative estimate of drug-likeness (QED) is 0.136. The lowest BCUT2D eigenvalue weighted by Gasteiger charge is -2.40. The van der Waals surface area contributed by atoms with E-state index >= 15 is 0 Å². The molecule has 49 heavy (non-hydrogen) atoms. The number of benzene rings is 4. The summed E-state index contributed by atoms with van der Waals surface area (Å²) in [5, 5.41) is 0. The van der Waals surface area contributed by atoms with Crippen LogP contribution in [-0.2, 0) is 20.4 Å². The molecule has 0 aliphatic heterocycles. The van der Waals surface area contributed by atoms with Crippen LogP contribution >= 0.6 is 10.3 Å². The monoisotopic (exact) mass is 699 g/mol. The second-order valence-electron chi connectivity index (χ2n) is 13.8. The van der Waals surface area contributed by atoms with Gasteiger partial charge in [-0.2, -0.15) is 8.42 Å². The molecule has 0 unspecified atom stereocenters. The SMILES string of the molecule is Cc1ccc(S(=O)(=O)OS(c2ccc(OC(C)(C)C)cc2)(c2ccc(OC(C)(C)C)cc2)c2cccc(OCc3ccccn3)c2)c(C)c1. The van der Waals surface area contributed by atoms with Crippen LogP contribution in [0.4, 0.5) is 0 Å². The Morgan fingerprint density at radius 1 is 0.612 bits per heavy atom. The normalized spacial score (nSPS) is 12.7. The Morgan fingerprint density at radius 2 is 1.20 bits per heavy atom. The Bertz CT molecular complexity index is 1920. The van der Waals surface area contributed by atoms with E-state index in [4.69, 9.17) is 17.8 Å². The van der Waals surface area contributed by atoms with Crippen molar-refractivity contribution in [3.8, 4) is 17.2 Å². The average Bonchev–Trinajstić information content (AvgIpc) is 3.02. The number of aromatic nitrogens is 1. The van der Waals surface area contributed by atoms with E-state index in [0.717, 1.165) is 11.3 Å². The molecule has 0 saturated carbocycles. The molecule has 0 saturated heterocycles. The Hall–Kier alpha value is -4.31. The second-order valence-corrected chi connectivity index (χ2v) is 18.2. The maximum absolute atomic E-state index is 14.5. The highest BCUT2D eigenvalue weighted by Gasteiger charge is 2.39. The van der Waals surface area contributed by atoms with Crippen molar-refractivity contribution in [1.29, 1.82) is 0 Å². The van der Waals surface area contributed by atoms with Crippen LogP contribution < -0.4 is 14.2 Å². The van der Waals surface area contributed by atoms with Crippen molar-refractivity contribution in [2.75, 3.05) is 0 Å². The summed E-state index contributed by atoms with van der Waals surface area (Å²) in [4.78, 5) is 6.44. The lowest BCUT2D eigenvalue weighted by molar-refractivity contribution is 0.130. The predicted molar refractivity (Wildman–Crippen MR) is 195 cm³/mol. The van der Waals surface area contributed by atoms with Crippen LogP contribution in [0.25, 0.3) is 0 Å². The fourth-order valence-electron chi connectivity index (χ4n) is 5.27. The third-order valence-corrected chi connectivity index (χ3v) is 12.5. The molecular weight excluding hydrogens is 655 g/mol. The van der Waals surface area contributed by atoms with Crippen LogP contribution in [0.3, 0.4) is 0 Å². The zero-order valence-corrected chi connectivity index (χ0v) is 31.0. The van der Waals surface area contributed by atoms with Crippen molar-refractivity contribution in [3.63, 3.8) is 0 Å². The summed E-state index contributed by atoms with van der Waals surface area (Å²) in [7, 11) is -7.32. The Morgan fingerprint density at radius 3 is 1.71 bits per heavy atom. The summed E-state index contributed by atoms with van der Waals surface area (Å²) < 4.78 is 54.2. The fourth-order valence-corrected chi connectivity index (χ4v) is 10.7. The first-order valence-electron chi connectivity index (χ1n) is 16.1. The lowest BCUT2D eigenvalue weighted by Crippen LogP contribution is -2.23. The molecule has 0 fully saturated rings. The summed E-state index contributed by atoms with van der Waals surface area (Å²) in [5.41, 5.74) is 1.48. The van der Waals surface area contributed by atoms with Crippen LogP contribution in [0.15, 0.2) is 135 Å². The van der Waals surface area contributed by atoms with E-state index in [1.165, 1.54) is 0 Å². The van der Waals surface area contributed by atoms with Gasteiger partial charge in [-0.1, -0.05) is 29.8 Å². The van der Waals surface area contributed by atoms with Crippen LogP contribution in [0, 0.1) is 13.8 Å². The highest BCUT2D eigenvalue weighted by atomic mass is 32.3. The molecule has 0 aliphatic carbocycles. The molecule has 0 radical (unpaired) electrons. The number of hydrogen-bond donors (Lipinski definition) is 0. The van der Waals surface area contributed by atoms with Gasteiger partial charge >= 0.3 is 10.1 Å². The lowest BCUT2D eigenvalue weighted by atomic mass is 10.2. The minimum Gasteiger partial charge on any atom is -0.488 e. The van der Waals surface area contributed by atoms with Crippen molar-refractivity contribution in [1.82, 2.24) is 4.98 Å². The van der Waals surface area contributed by atoms with Gasteiger partial charge in [0.2, 0.25) is 0 Å². The van der Waals surface area contributed by atoms with E-state index < -0.39 is 31.6 Å². The molecule has 0 atom stereocenters. The number of nitrogens with zero attached hydrogens (tertiary/aromatic N) is 1. The first kappa shape index (κ1) is 36.0. The van der Waals surface area contributed by atoms with Gasteiger partial charge in [0.25, 0.3) is 0 Å². The number of rotatable bonds is 11. The Kier molecular flexibility index (Phi) is 10.5. The average molecular weight is 700 g/mol. The molecule has 0 amide bonds. The van der Waals surface area contributed by atoms with Crippen LogP contribution in [-0.4, -0.2) is 24.6 Å². The minimum atomic E-state index is -4.33. The highest BCUT2D eigenvalue weighted by Crippen LogP contribution is 2.71. The highest BCUT2D eigenvalue weighted by molar-refractivity contribution is 8.33. The van der Waals surface area contributed by atoms with Crippen LogP contribution in [0.2, 0.25) is 0 Å². The predicted octanol–water partition coefficient (Wildman–Crippen LogP) is 10.2. The molecule has 1 aromatic heterocycles. The van der Waals surface area contributed by atoms with Crippen molar-refractivity contribution < 1.29 is 26.3 Å². The van der Waals surface area contributed by atoms with E-state index in [1.54, 1.807) is 25.3 Å². The molecule has 5 aromatic rings. The van der Waals surface area contributed by atoms with Crippen molar-refractivity contribution in [2.24, 2.45) is 0 Å². The molecule has 0 aliphatic rings. The smallest absolute Gasteiger partial charge is 0.307 e. The number of hydrogen-bond acceptors (Lipinski definition) is 7. The van der Waals surface area contributed by atoms with Gasteiger partial charge < -0.3 is 14.2 Å². The number of aryl methyl sites for hydroxylation is 2. The van der Waals surface area contributed by atoms with Gasteiger partial charge in [0, 0.05) is 20.9 Å². The van der Waals surface area contributed by atoms with E-state index in [1.807, 2.05) is 146 Å². The van der Waals surface area contributed by atoms with Gasteiger partial charge in [0.1, 0.15) is 35.1 Å². The van der Waals surface area contributed by atoms with Gasteiger partial charge in [-0.25, -0.2) is 3.63 Å². The maximum atomic E-state index is 14.5. The summed E-state index contributed by atoms with van der Waals surface area (Å²) in [5.74, 6) is 1.86. The van der Waals surface area contributed by atoms with E-state index in [0.29, 0.717) is 37.5 Å². The molecule has 0 spiro atoms. The summed E-state index contributed by atoms with van der Waals surface area (Å²) >= 11 is 0. The number of ether oxygens (including phenoxy) is 3. The largest absolute Gasteiger partial charge is 0.488 e. The summed E-state index contributed by atoms with van der Waals surface area (Å²) in [6.07, 6.45) is 1.72. The third kappa shape index (κ3) is 9.03. The van der Waals surface area contributed by atoms with Crippen LogP contribution in [0.5, 0.6) is 17.2 Å². The topological polar surface area (TPSA) is 84.0 Å². The fraction of sp³-hybridized carbons (Fsp3) is 0.275. The summed E-state index contributed by atoms with van der Waals surface area (Å²) in [6, 6.07) is 33.3. The molecule has 1 heterocycles. The zero-order chi connectivity index (χ0) is 35.5. The third-order valence-electron chi connectivity index (χ3n) is 7.20. The Labute approximate surface area is 292 Å². The maximum Gasteiger partial charge on any atom is 0.307 e. The van der Waals surface area contributed by atoms with Crippen LogP contribution in [0.1, 0.15) is 58.4 Å². The first-order chi connectivity index (χ1) is 23.0. The van der Waals surface area contributed by atoms with E-state index in [-0.39, 0.29) is 11.5 Å². The first-order valence-corrected chi connectivity index (χ1v) is 19.1. The molecule has 0 N–H and O–H groups in total. The van der Waals surface area contributed by atoms with Gasteiger partial charge in [-0.3, -0.25) is 4.98 Å². The van der Waals surface area contributed by atoms with Gasteiger partial charge in [-0.15, -0.1) is 0 Å². The molecule has 7 nitrogen and oxygen atoms in total. The van der Waals surface area contributed by atoms with Gasteiger partial charge in [0.15, 0.2) is 0 Å². The molecular formula is C40H45NO6S2. The van der Waals surface area contributed by atoms with E-state index in [2.05, 4.69) is 4.98 Å². The minimum absolute atomic E-state index is 0.109. The van der Waals surface area contributed by atoms with Gasteiger partial charge in [0.05, 0.1) is 10.6 Å². The Balaban J connectivity index is 1.73. The van der Waals surface area contributed by atoms with Crippen molar-refractivity contribution in [3.05, 3.63) is 132 Å². The summed E-state index contributed by atoms with van der Waals surface area (Å²) in [6.45, 7) is 15.8. The molecule has 258 valence electrons. The standard InChI is InChI=1S/C40H45NO6S2/c1-29-15-24-38(30(2)26-29)49(42,43)47-48(35-20-16-32(17-21-35)45-39(3,4)5,36-22-18-33(19-23-36)46-40(6,7)8)37-14-11-13-34(27-37)44-28-31-12-9-10-25-41-31/h9-27H,28H2,1-8H3.